The van der Waals surface area contributed by atoms with Crippen molar-refractivity contribution in [1.29, 1.82) is 0 Å². The highest BCUT2D eigenvalue weighted by molar-refractivity contribution is 5.65. The van der Waals surface area contributed by atoms with Crippen LogP contribution in [-0.4, -0.2) is 25.0 Å². The molecule has 130 valence electrons. The van der Waals surface area contributed by atoms with E-state index in [0.29, 0.717) is 0 Å². The van der Waals surface area contributed by atoms with Crippen LogP contribution in [0, 0.1) is 30.3 Å². The summed E-state index contributed by atoms with van der Waals surface area (Å²) in [5.41, 5.74) is -0.963. The molecule has 0 saturated heterocycles. The van der Waals surface area contributed by atoms with Crippen LogP contribution in [-0.2, 0) is 0 Å². The number of non-ortho nitro benzene ring substituents is 3. The molecular weight excluding hydrogens is 350 g/mol. The monoisotopic (exact) mass is 357 g/mol. The molecule has 26 heavy (non-hydrogen) atoms. The molecule has 12 heteroatoms. The first-order valence-electron chi connectivity index (χ1n) is 6.88. The Morgan fingerprint density at radius 1 is 0.692 bits per heavy atom. The summed E-state index contributed by atoms with van der Waals surface area (Å²) in [4.78, 5) is 30.5. The molecule has 1 heterocycles. The normalized spacial score (nSPS) is 10.5. The van der Waals surface area contributed by atoms with E-state index in [1.807, 2.05) is 0 Å². The quantitative estimate of drug-likeness (QED) is 0.491. The van der Waals surface area contributed by atoms with E-state index in [4.69, 9.17) is 4.42 Å². The minimum absolute atomic E-state index is 0.0184. The van der Waals surface area contributed by atoms with E-state index in [2.05, 4.69) is 10.2 Å². The lowest BCUT2D eigenvalue weighted by Gasteiger charge is -1.98. The molecule has 0 unspecified atom stereocenters. The highest BCUT2D eigenvalue weighted by atomic mass is 16.6. The van der Waals surface area contributed by atoms with Crippen LogP contribution in [0.25, 0.3) is 22.9 Å². The maximum Gasteiger partial charge on any atom is 0.277 e. The minimum Gasteiger partial charge on any atom is -0.416 e. The zero-order chi connectivity index (χ0) is 18.8. The third kappa shape index (κ3) is 3.19. The van der Waals surface area contributed by atoms with Gasteiger partial charge >= 0.3 is 0 Å². The molecule has 0 amide bonds. The topological polar surface area (TPSA) is 168 Å². The van der Waals surface area contributed by atoms with Crippen LogP contribution in [0.4, 0.5) is 17.1 Å². The molecular formula is C14H7N5O7. The zero-order valence-corrected chi connectivity index (χ0v) is 12.6. The van der Waals surface area contributed by atoms with Crippen molar-refractivity contribution in [2.75, 3.05) is 0 Å². The predicted molar refractivity (Wildman–Crippen MR) is 85.1 cm³/mol. The van der Waals surface area contributed by atoms with Crippen molar-refractivity contribution in [3.63, 3.8) is 0 Å². The summed E-state index contributed by atoms with van der Waals surface area (Å²) in [5, 5.41) is 40.1. The molecule has 2 aromatic carbocycles. The Morgan fingerprint density at radius 2 is 1.19 bits per heavy atom. The van der Waals surface area contributed by atoms with Crippen LogP contribution in [0.5, 0.6) is 0 Å². The Bertz CT molecular complexity index is 1010. The van der Waals surface area contributed by atoms with Gasteiger partial charge in [0, 0.05) is 29.8 Å². The van der Waals surface area contributed by atoms with Gasteiger partial charge in [-0.3, -0.25) is 30.3 Å². The summed E-state index contributed by atoms with van der Waals surface area (Å²) >= 11 is 0. The molecule has 12 nitrogen and oxygen atoms in total. The maximum atomic E-state index is 10.9. The summed E-state index contributed by atoms with van der Waals surface area (Å²) in [6.07, 6.45) is 0. The number of hydrogen-bond donors (Lipinski definition) is 0. The minimum atomic E-state index is -0.783. The van der Waals surface area contributed by atoms with Crippen molar-refractivity contribution < 1.29 is 19.2 Å². The van der Waals surface area contributed by atoms with Gasteiger partial charge in [0.15, 0.2) is 0 Å². The molecule has 0 saturated carbocycles. The molecule has 0 aliphatic carbocycles. The van der Waals surface area contributed by atoms with E-state index in [1.165, 1.54) is 24.3 Å². The summed E-state index contributed by atoms with van der Waals surface area (Å²) in [7, 11) is 0. The van der Waals surface area contributed by atoms with Crippen molar-refractivity contribution in [2.24, 2.45) is 0 Å². The van der Waals surface area contributed by atoms with E-state index in [1.54, 1.807) is 0 Å². The predicted octanol–water partition coefficient (Wildman–Crippen LogP) is 3.13. The van der Waals surface area contributed by atoms with Crippen molar-refractivity contribution in [3.8, 4) is 22.9 Å². The Morgan fingerprint density at radius 3 is 1.73 bits per heavy atom. The second kappa shape index (κ2) is 6.35. The van der Waals surface area contributed by atoms with Gasteiger partial charge in [-0.15, -0.1) is 10.2 Å². The lowest BCUT2D eigenvalue weighted by molar-refractivity contribution is -0.394. The second-order valence-electron chi connectivity index (χ2n) is 4.97. The number of benzene rings is 2. The molecule has 0 radical (unpaired) electrons. The molecule has 1 aromatic heterocycles. The second-order valence-corrected chi connectivity index (χ2v) is 4.97. The molecule has 0 atom stereocenters. The molecule has 3 rings (SSSR count). The lowest BCUT2D eigenvalue weighted by Crippen LogP contribution is -1.94. The molecule has 0 bridgehead atoms. The average molecular weight is 357 g/mol. The Labute approximate surface area is 143 Å². The van der Waals surface area contributed by atoms with Crippen LogP contribution in [0.1, 0.15) is 0 Å². The van der Waals surface area contributed by atoms with Gasteiger partial charge in [0.05, 0.1) is 26.4 Å². The third-order valence-electron chi connectivity index (χ3n) is 3.30. The van der Waals surface area contributed by atoms with E-state index in [9.17, 15) is 30.3 Å². The fraction of sp³-hybridized carbons (Fsp3) is 0. The van der Waals surface area contributed by atoms with Gasteiger partial charge in [0.25, 0.3) is 17.1 Å². The zero-order valence-electron chi connectivity index (χ0n) is 12.6. The molecule has 0 N–H and O–H groups in total. The number of nitrogens with zero attached hydrogens (tertiary/aromatic N) is 5. The van der Waals surface area contributed by atoms with Crippen LogP contribution in [0.15, 0.2) is 46.9 Å². The Hall–Kier alpha value is -4.22. The first kappa shape index (κ1) is 16.6. The largest absolute Gasteiger partial charge is 0.416 e. The van der Waals surface area contributed by atoms with Crippen LogP contribution >= 0.6 is 0 Å². The van der Waals surface area contributed by atoms with Crippen LogP contribution in [0.2, 0.25) is 0 Å². The van der Waals surface area contributed by atoms with E-state index < -0.39 is 26.1 Å². The SMILES string of the molecule is O=[N+]([O-])c1cccc(-c2nnc(-c3cc([N+](=O)[O-])cc([N+](=O)[O-])c3)o2)c1. The first-order chi connectivity index (χ1) is 12.3. The highest BCUT2D eigenvalue weighted by Crippen LogP contribution is 2.31. The first-order valence-corrected chi connectivity index (χ1v) is 6.88. The number of nitro groups is 3. The van der Waals surface area contributed by atoms with Crippen molar-refractivity contribution >= 4 is 17.1 Å². The summed E-state index contributed by atoms with van der Waals surface area (Å²) < 4.78 is 5.37. The molecule has 3 aromatic rings. The number of hydrogen-bond acceptors (Lipinski definition) is 9. The molecule has 0 aliphatic heterocycles. The fourth-order valence-electron chi connectivity index (χ4n) is 2.14. The number of rotatable bonds is 5. The summed E-state index contributed by atoms with van der Waals surface area (Å²) in [6.45, 7) is 0. The van der Waals surface area contributed by atoms with Gasteiger partial charge in [-0.05, 0) is 6.07 Å². The molecule has 0 aliphatic rings. The number of aromatic nitrogens is 2. The highest BCUT2D eigenvalue weighted by Gasteiger charge is 2.21. The van der Waals surface area contributed by atoms with Crippen molar-refractivity contribution in [3.05, 3.63) is 72.8 Å². The van der Waals surface area contributed by atoms with Crippen molar-refractivity contribution in [1.82, 2.24) is 10.2 Å². The lowest BCUT2D eigenvalue weighted by atomic mass is 10.1. The average Bonchev–Trinajstić information content (AvgIpc) is 3.11. The smallest absolute Gasteiger partial charge is 0.277 e. The Balaban J connectivity index is 2.05. The van der Waals surface area contributed by atoms with Crippen LogP contribution < -0.4 is 0 Å². The van der Waals surface area contributed by atoms with E-state index in [0.717, 1.165) is 18.2 Å². The molecule has 0 fully saturated rings. The maximum absolute atomic E-state index is 10.9. The van der Waals surface area contributed by atoms with Crippen LogP contribution in [0.3, 0.4) is 0 Å². The Kier molecular flexibility index (Phi) is 4.06. The fourth-order valence-corrected chi connectivity index (χ4v) is 2.14. The van der Waals surface area contributed by atoms with Gasteiger partial charge in [-0.2, -0.15) is 0 Å². The van der Waals surface area contributed by atoms with Gasteiger partial charge in [0.2, 0.25) is 11.8 Å². The van der Waals surface area contributed by atoms with Crippen molar-refractivity contribution in [2.45, 2.75) is 0 Å². The van der Waals surface area contributed by atoms with Gasteiger partial charge < -0.3 is 4.42 Å². The van der Waals surface area contributed by atoms with E-state index >= 15 is 0 Å². The van der Waals surface area contributed by atoms with Gasteiger partial charge in [-0.1, -0.05) is 6.07 Å². The van der Waals surface area contributed by atoms with Gasteiger partial charge in [0.1, 0.15) is 0 Å². The standard InChI is InChI=1S/C14H7N5O7/c20-17(21)10-3-1-2-8(4-10)13-15-16-14(26-13)9-5-11(18(22)23)7-12(6-9)19(24)25/h1-7H. The molecule has 0 spiro atoms. The van der Waals surface area contributed by atoms with Gasteiger partial charge in [-0.25, -0.2) is 0 Å². The number of nitro benzene ring substituents is 3. The summed E-state index contributed by atoms with van der Waals surface area (Å²) in [5.74, 6) is -0.267. The summed E-state index contributed by atoms with van der Waals surface area (Å²) in [6, 6.07) is 8.34. The van der Waals surface area contributed by atoms with E-state index in [-0.39, 0.29) is 28.6 Å². The third-order valence-corrected chi connectivity index (χ3v) is 3.30.